The van der Waals surface area contributed by atoms with E-state index in [1.54, 1.807) is 0 Å². The number of likely N-dealkylation sites (N-methyl/N-ethyl adjacent to an activating group) is 1. The van der Waals surface area contributed by atoms with E-state index in [-0.39, 0.29) is 11.9 Å². The second-order valence-electron chi connectivity index (χ2n) is 6.32. The highest BCUT2D eigenvalue weighted by Crippen LogP contribution is 2.39. The zero-order valence-electron chi connectivity index (χ0n) is 12.8. The normalized spacial score (nSPS) is 26.3. The Bertz CT molecular complexity index is 327. The third-order valence-corrected chi connectivity index (χ3v) is 4.32. The predicted octanol–water partition coefficient (Wildman–Crippen LogP) is 1.02. The van der Waals surface area contributed by atoms with Crippen molar-refractivity contribution >= 4 is 5.97 Å². The van der Waals surface area contributed by atoms with Crippen molar-refractivity contribution in [3.8, 4) is 0 Å². The van der Waals surface area contributed by atoms with Gasteiger partial charge in [-0.3, -0.25) is 0 Å². The molecule has 0 aromatic heterocycles. The molecule has 1 saturated carbocycles. The first-order chi connectivity index (χ1) is 9.56. The maximum atomic E-state index is 12.2. The molecule has 2 fully saturated rings. The van der Waals surface area contributed by atoms with Crippen molar-refractivity contribution in [1.82, 2.24) is 4.90 Å². The second kappa shape index (κ2) is 6.87. The molecule has 1 saturated heterocycles. The molecule has 2 aliphatic rings. The van der Waals surface area contributed by atoms with Crippen LogP contribution in [0.4, 0.5) is 0 Å². The summed E-state index contributed by atoms with van der Waals surface area (Å²) in [5.41, 5.74) is 5.56. The van der Waals surface area contributed by atoms with Crippen molar-refractivity contribution in [1.29, 1.82) is 0 Å². The van der Waals surface area contributed by atoms with Gasteiger partial charge in [-0.1, -0.05) is 0 Å². The van der Waals surface area contributed by atoms with E-state index >= 15 is 0 Å². The Morgan fingerprint density at radius 2 is 2.20 bits per heavy atom. The van der Waals surface area contributed by atoms with E-state index in [1.165, 1.54) is 6.42 Å². The van der Waals surface area contributed by atoms with E-state index in [9.17, 15) is 4.79 Å². The summed E-state index contributed by atoms with van der Waals surface area (Å²) >= 11 is 0. The van der Waals surface area contributed by atoms with Gasteiger partial charge in [-0.15, -0.1) is 0 Å². The molecule has 0 aromatic rings. The van der Waals surface area contributed by atoms with Gasteiger partial charge in [-0.05, 0) is 51.5 Å². The minimum Gasteiger partial charge on any atom is -0.465 e. The molecule has 1 heterocycles. The van der Waals surface area contributed by atoms with Crippen LogP contribution in [0.1, 0.15) is 32.6 Å². The number of carbonyl (C=O) groups is 1. The summed E-state index contributed by atoms with van der Waals surface area (Å²) < 4.78 is 10.7. The lowest BCUT2D eigenvalue weighted by Gasteiger charge is -2.34. The predicted molar refractivity (Wildman–Crippen MR) is 77.3 cm³/mol. The van der Waals surface area contributed by atoms with Crippen LogP contribution in [0.25, 0.3) is 0 Å². The van der Waals surface area contributed by atoms with Crippen LogP contribution in [-0.2, 0) is 14.3 Å². The molecular formula is C15H28N2O3. The van der Waals surface area contributed by atoms with E-state index in [0.29, 0.717) is 19.1 Å². The van der Waals surface area contributed by atoms with Crippen molar-refractivity contribution < 1.29 is 14.3 Å². The van der Waals surface area contributed by atoms with Crippen molar-refractivity contribution in [2.24, 2.45) is 17.6 Å². The van der Waals surface area contributed by atoms with Crippen LogP contribution in [0.3, 0.4) is 0 Å². The highest BCUT2D eigenvalue weighted by Gasteiger charge is 2.49. The molecule has 1 aliphatic heterocycles. The maximum Gasteiger partial charge on any atom is 0.327 e. The van der Waals surface area contributed by atoms with Gasteiger partial charge in [0.1, 0.15) is 5.54 Å². The van der Waals surface area contributed by atoms with Crippen LogP contribution in [0.2, 0.25) is 0 Å². The first kappa shape index (κ1) is 15.7. The average molecular weight is 284 g/mol. The molecule has 1 aliphatic carbocycles. The third-order valence-electron chi connectivity index (χ3n) is 4.32. The van der Waals surface area contributed by atoms with Crippen LogP contribution in [0.15, 0.2) is 0 Å². The molecule has 2 N–H and O–H groups in total. The number of ether oxygens (including phenoxy) is 2. The lowest BCUT2D eigenvalue weighted by atomic mass is 9.93. The maximum absolute atomic E-state index is 12.2. The largest absolute Gasteiger partial charge is 0.465 e. The van der Waals surface area contributed by atoms with Gasteiger partial charge in [-0.2, -0.15) is 0 Å². The van der Waals surface area contributed by atoms with Crippen molar-refractivity contribution in [2.45, 2.75) is 38.1 Å². The van der Waals surface area contributed by atoms with Crippen LogP contribution < -0.4 is 5.73 Å². The fourth-order valence-corrected chi connectivity index (χ4v) is 3.13. The summed E-state index contributed by atoms with van der Waals surface area (Å²) in [5, 5.41) is 0. The van der Waals surface area contributed by atoms with Gasteiger partial charge in [0.15, 0.2) is 0 Å². The zero-order chi connectivity index (χ0) is 14.6. The lowest BCUT2D eigenvalue weighted by molar-refractivity contribution is -0.151. The molecule has 2 atom stereocenters. The van der Waals surface area contributed by atoms with E-state index in [4.69, 9.17) is 15.2 Å². The lowest BCUT2D eigenvalue weighted by Crippen LogP contribution is -2.58. The zero-order valence-corrected chi connectivity index (χ0v) is 12.8. The Morgan fingerprint density at radius 1 is 1.45 bits per heavy atom. The molecule has 20 heavy (non-hydrogen) atoms. The van der Waals surface area contributed by atoms with Gasteiger partial charge >= 0.3 is 5.97 Å². The Balaban J connectivity index is 1.88. The van der Waals surface area contributed by atoms with E-state index in [1.807, 2.05) is 14.0 Å². The van der Waals surface area contributed by atoms with Crippen molar-refractivity contribution in [3.63, 3.8) is 0 Å². The minimum absolute atomic E-state index is 0.241. The molecule has 116 valence electrons. The SMILES string of the molecule is CCOC(=O)C(N)(CN(C)CC1CCCOC1)C1CC1. The Kier molecular flexibility index (Phi) is 5.41. The summed E-state index contributed by atoms with van der Waals surface area (Å²) in [6, 6.07) is 0. The number of hydrogen-bond donors (Lipinski definition) is 1. The van der Waals surface area contributed by atoms with E-state index in [2.05, 4.69) is 4.90 Å². The quantitative estimate of drug-likeness (QED) is 0.707. The van der Waals surface area contributed by atoms with E-state index < -0.39 is 5.54 Å². The van der Waals surface area contributed by atoms with Crippen molar-refractivity contribution in [3.05, 3.63) is 0 Å². The molecular weight excluding hydrogens is 256 g/mol. The molecule has 0 aromatic carbocycles. The standard InChI is InChI=1S/C15H28N2O3/c1-3-20-14(18)15(16,13-6-7-13)11-17(2)9-12-5-4-8-19-10-12/h12-13H,3-11,16H2,1-2H3. The highest BCUT2D eigenvalue weighted by atomic mass is 16.5. The summed E-state index contributed by atoms with van der Waals surface area (Å²) in [4.78, 5) is 14.4. The number of nitrogens with two attached hydrogens (primary N) is 1. The summed E-state index contributed by atoms with van der Waals surface area (Å²) in [6.07, 6.45) is 4.41. The fraction of sp³-hybridized carbons (Fsp3) is 0.933. The van der Waals surface area contributed by atoms with Gasteiger partial charge < -0.3 is 20.1 Å². The molecule has 0 spiro atoms. The smallest absolute Gasteiger partial charge is 0.327 e. The van der Waals surface area contributed by atoms with E-state index in [0.717, 1.165) is 39.0 Å². The molecule has 0 amide bonds. The van der Waals surface area contributed by atoms with Crippen LogP contribution in [0.5, 0.6) is 0 Å². The second-order valence-corrected chi connectivity index (χ2v) is 6.32. The average Bonchev–Trinajstić information content (AvgIpc) is 3.24. The summed E-state index contributed by atoms with van der Waals surface area (Å²) in [6.45, 7) is 5.44. The van der Waals surface area contributed by atoms with Crippen LogP contribution in [-0.4, -0.2) is 56.4 Å². The van der Waals surface area contributed by atoms with Crippen LogP contribution in [0, 0.1) is 11.8 Å². The number of esters is 1. The number of rotatable bonds is 7. The summed E-state index contributed by atoms with van der Waals surface area (Å²) in [7, 11) is 2.04. The van der Waals surface area contributed by atoms with Gasteiger partial charge in [0.2, 0.25) is 0 Å². The minimum atomic E-state index is -0.833. The first-order valence-corrected chi connectivity index (χ1v) is 7.78. The molecule has 0 radical (unpaired) electrons. The molecule has 2 rings (SSSR count). The Labute approximate surface area is 121 Å². The molecule has 0 bridgehead atoms. The Hall–Kier alpha value is -0.650. The van der Waals surface area contributed by atoms with Gasteiger partial charge in [0, 0.05) is 19.7 Å². The number of nitrogens with zero attached hydrogens (tertiary/aromatic N) is 1. The molecule has 5 nitrogen and oxygen atoms in total. The van der Waals surface area contributed by atoms with Gasteiger partial charge in [0.25, 0.3) is 0 Å². The third kappa shape index (κ3) is 3.93. The molecule has 2 unspecified atom stereocenters. The summed E-state index contributed by atoms with van der Waals surface area (Å²) in [5.74, 6) is 0.597. The number of hydrogen-bond acceptors (Lipinski definition) is 5. The molecule has 5 heteroatoms. The van der Waals surface area contributed by atoms with Crippen LogP contribution >= 0.6 is 0 Å². The highest BCUT2D eigenvalue weighted by molar-refractivity contribution is 5.82. The van der Waals surface area contributed by atoms with Gasteiger partial charge in [0.05, 0.1) is 13.2 Å². The van der Waals surface area contributed by atoms with Crippen molar-refractivity contribution in [2.75, 3.05) is 40.0 Å². The van der Waals surface area contributed by atoms with Gasteiger partial charge in [-0.25, -0.2) is 4.79 Å². The Morgan fingerprint density at radius 3 is 2.75 bits per heavy atom. The topological polar surface area (TPSA) is 64.8 Å². The number of carbonyl (C=O) groups excluding carboxylic acids is 1. The first-order valence-electron chi connectivity index (χ1n) is 7.78. The fourth-order valence-electron chi connectivity index (χ4n) is 3.13. The monoisotopic (exact) mass is 284 g/mol.